The first kappa shape index (κ1) is 22.6. The van der Waals surface area contributed by atoms with E-state index in [1.807, 2.05) is 32.0 Å². The molecule has 154 valence electrons. The van der Waals surface area contributed by atoms with Crippen LogP contribution in [0.1, 0.15) is 38.2 Å². The van der Waals surface area contributed by atoms with Crippen molar-refractivity contribution in [1.29, 1.82) is 0 Å². The minimum Gasteiger partial charge on any atom is -0.485 e. The summed E-state index contributed by atoms with van der Waals surface area (Å²) in [6.07, 6.45) is 2.76. The Kier molecular flexibility index (Phi) is 7.00. The molecule has 2 atom stereocenters. The van der Waals surface area contributed by atoms with Gasteiger partial charge < -0.3 is 4.74 Å². The highest BCUT2D eigenvalue weighted by Gasteiger charge is 2.48. The Morgan fingerprint density at radius 1 is 1.11 bits per heavy atom. The highest BCUT2D eigenvalue weighted by molar-refractivity contribution is 9.10. The molecule has 7 nitrogen and oxygen atoms in total. The quantitative estimate of drug-likeness (QED) is 0.496. The van der Waals surface area contributed by atoms with Gasteiger partial charge in [0, 0.05) is 17.4 Å². The number of rotatable bonds is 9. The second-order valence-electron chi connectivity index (χ2n) is 6.99. The Bertz CT molecular complexity index is 845. The van der Waals surface area contributed by atoms with E-state index in [9.17, 15) is 16.8 Å². The van der Waals surface area contributed by atoms with Crippen LogP contribution < -0.4 is 4.74 Å². The highest BCUT2D eigenvalue weighted by atomic mass is 79.9. The predicted molar refractivity (Wildman–Crippen MR) is 106 cm³/mol. The summed E-state index contributed by atoms with van der Waals surface area (Å²) in [5.74, 6) is 0.590. The van der Waals surface area contributed by atoms with E-state index in [0.717, 1.165) is 28.3 Å². The van der Waals surface area contributed by atoms with Crippen LogP contribution in [0.3, 0.4) is 0 Å². The maximum Gasteiger partial charge on any atom is 0.264 e. The summed E-state index contributed by atoms with van der Waals surface area (Å²) < 4.78 is 62.1. The lowest BCUT2D eigenvalue weighted by Crippen LogP contribution is -2.43. The molecule has 0 saturated carbocycles. The Hall–Kier alpha value is -0.680. The van der Waals surface area contributed by atoms with Crippen molar-refractivity contribution in [2.24, 2.45) is 5.92 Å². The number of ether oxygens (including phenoxy) is 1. The molecule has 2 unspecified atom stereocenters. The number of hydrogen-bond acceptors (Lipinski definition) is 7. The monoisotopic (exact) mass is 484 g/mol. The fourth-order valence-corrected chi connectivity index (χ4v) is 4.69. The van der Waals surface area contributed by atoms with E-state index in [1.165, 1.54) is 0 Å². The molecule has 0 radical (unpaired) electrons. The zero-order valence-corrected chi connectivity index (χ0v) is 19.0. The van der Waals surface area contributed by atoms with Crippen molar-refractivity contribution >= 4 is 36.2 Å². The lowest BCUT2D eigenvalue weighted by Gasteiger charge is -2.37. The molecule has 1 aromatic rings. The van der Waals surface area contributed by atoms with Crippen molar-refractivity contribution in [2.45, 2.75) is 38.2 Å². The average Bonchev–Trinajstić information content (AvgIpc) is 2.78. The van der Waals surface area contributed by atoms with Crippen LogP contribution in [-0.4, -0.2) is 48.2 Å². The molecule has 1 heterocycles. The van der Waals surface area contributed by atoms with Crippen LogP contribution in [0.2, 0.25) is 0 Å². The summed E-state index contributed by atoms with van der Waals surface area (Å²) in [4.78, 5) is 0. The molecule has 27 heavy (non-hydrogen) atoms. The molecule has 0 saturated heterocycles. The second kappa shape index (κ2) is 8.36. The molecule has 0 N–H and O–H groups in total. The molecule has 1 aromatic carbocycles. The number of hydrogen-bond donors (Lipinski definition) is 0. The van der Waals surface area contributed by atoms with Gasteiger partial charge in [-0.3, -0.25) is 8.37 Å². The van der Waals surface area contributed by atoms with Gasteiger partial charge in [0.2, 0.25) is 0 Å². The molecule has 0 amide bonds. The predicted octanol–water partition coefficient (Wildman–Crippen LogP) is 3.05. The van der Waals surface area contributed by atoms with Gasteiger partial charge in [0.15, 0.2) is 0 Å². The Balaban J connectivity index is 2.21. The lowest BCUT2D eigenvalue weighted by molar-refractivity contribution is 0.00841. The molecule has 1 aliphatic heterocycles. The molecule has 0 aliphatic carbocycles. The largest absolute Gasteiger partial charge is 0.485 e. The van der Waals surface area contributed by atoms with Gasteiger partial charge in [-0.15, -0.1) is 0 Å². The summed E-state index contributed by atoms with van der Waals surface area (Å²) in [7, 11) is -7.11. The molecular weight excluding hydrogens is 460 g/mol. The normalized spacial score (nSPS) is 22.7. The highest BCUT2D eigenvalue weighted by Crippen LogP contribution is 2.52. The van der Waals surface area contributed by atoms with Crippen molar-refractivity contribution in [1.82, 2.24) is 0 Å². The van der Waals surface area contributed by atoms with E-state index >= 15 is 0 Å². The zero-order valence-electron chi connectivity index (χ0n) is 15.8. The molecular formula is C17H25BrO7S2. The minimum atomic E-state index is -3.56. The standard InChI is InChI=1S/C17H25BrO7S2/c1-12-14-6-5-7-15(18)16(14)25-17(12,2)13(8-10-23-26(3,19)20)9-11-24-27(4,21)22/h5-7,12-13H,8-11H2,1-4H3. The lowest BCUT2D eigenvalue weighted by atomic mass is 9.75. The molecule has 0 aromatic heterocycles. The second-order valence-corrected chi connectivity index (χ2v) is 11.1. The van der Waals surface area contributed by atoms with Crippen LogP contribution >= 0.6 is 15.9 Å². The van der Waals surface area contributed by atoms with E-state index < -0.39 is 25.8 Å². The van der Waals surface area contributed by atoms with Gasteiger partial charge in [0.25, 0.3) is 20.2 Å². The van der Waals surface area contributed by atoms with Gasteiger partial charge >= 0.3 is 0 Å². The minimum absolute atomic E-state index is 0.00837. The third-order valence-electron chi connectivity index (χ3n) is 4.98. The third-order valence-corrected chi connectivity index (χ3v) is 6.80. The van der Waals surface area contributed by atoms with Crippen LogP contribution in [0.5, 0.6) is 5.75 Å². The fraction of sp³-hybridized carbons (Fsp3) is 0.647. The van der Waals surface area contributed by atoms with Gasteiger partial charge in [-0.2, -0.15) is 16.8 Å². The molecule has 0 spiro atoms. The Morgan fingerprint density at radius 2 is 1.63 bits per heavy atom. The maximum atomic E-state index is 11.3. The molecule has 2 rings (SSSR count). The Labute approximate surface area is 169 Å². The van der Waals surface area contributed by atoms with Crippen LogP contribution in [0.15, 0.2) is 22.7 Å². The summed E-state index contributed by atoms with van der Waals surface area (Å²) in [6, 6.07) is 5.82. The number of fused-ring (bicyclic) bond motifs is 1. The molecule has 0 bridgehead atoms. The van der Waals surface area contributed by atoms with Crippen molar-refractivity contribution in [3.8, 4) is 5.75 Å². The average molecular weight is 485 g/mol. The van der Waals surface area contributed by atoms with Crippen molar-refractivity contribution < 1.29 is 29.9 Å². The van der Waals surface area contributed by atoms with E-state index in [4.69, 9.17) is 13.1 Å². The van der Waals surface area contributed by atoms with Crippen LogP contribution in [0.25, 0.3) is 0 Å². The summed E-state index contributed by atoms with van der Waals surface area (Å²) >= 11 is 3.50. The first-order valence-corrected chi connectivity index (χ1v) is 12.9. The van der Waals surface area contributed by atoms with Crippen molar-refractivity contribution in [2.75, 3.05) is 25.7 Å². The van der Waals surface area contributed by atoms with E-state index in [2.05, 4.69) is 15.9 Å². The first-order valence-electron chi connectivity index (χ1n) is 8.49. The number of halogens is 1. The molecule has 1 aliphatic rings. The van der Waals surface area contributed by atoms with Gasteiger partial charge in [0.1, 0.15) is 11.4 Å². The SMILES string of the molecule is CC1c2cccc(Br)c2OC1(C)C(CCOS(C)(=O)=O)CCOS(C)(=O)=O. The van der Waals surface area contributed by atoms with Gasteiger partial charge in [-0.05, 0) is 41.8 Å². The van der Waals surface area contributed by atoms with E-state index in [1.54, 1.807) is 0 Å². The number of benzene rings is 1. The van der Waals surface area contributed by atoms with Crippen molar-refractivity contribution in [3.05, 3.63) is 28.2 Å². The summed E-state index contributed by atoms with van der Waals surface area (Å²) in [6.45, 7) is 3.98. The van der Waals surface area contributed by atoms with Crippen LogP contribution in [0, 0.1) is 5.92 Å². The number of para-hydroxylation sites is 1. The fourth-order valence-electron chi connectivity index (χ4n) is 3.43. The third kappa shape index (κ3) is 5.90. The first-order chi connectivity index (χ1) is 12.3. The zero-order chi connectivity index (χ0) is 20.5. The molecule has 10 heteroatoms. The summed E-state index contributed by atoms with van der Waals surface area (Å²) in [5.41, 5.74) is 0.387. The van der Waals surface area contributed by atoms with Crippen LogP contribution in [-0.2, 0) is 28.6 Å². The smallest absolute Gasteiger partial charge is 0.264 e. The summed E-state index contributed by atoms with van der Waals surface area (Å²) in [5, 5.41) is 0. The molecule has 0 fully saturated rings. The van der Waals surface area contributed by atoms with Crippen molar-refractivity contribution in [3.63, 3.8) is 0 Å². The van der Waals surface area contributed by atoms with Gasteiger partial charge in [0.05, 0.1) is 30.2 Å². The van der Waals surface area contributed by atoms with Gasteiger partial charge in [-0.25, -0.2) is 0 Å². The maximum absolute atomic E-state index is 11.3. The van der Waals surface area contributed by atoms with E-state index in [-0.39, 0.29) is 25.0 Å². The van der Waals surface area contributed by atoms with E-state index in [0.29, 0.717) is 12.8 Å². The Morgan fingerprint density at radius 3 is 2.07 bits per heavy atom. The topological polar surface area (TPSA) is 96.0 Å². The van der Waals surface area contributed by atoms with Gasteiger partial charge in [-0.1, -0.05) is 19.1 Å². The van der Waals surface area contributed by atoms with Crippen LogP contribution in [0.4, 0.5) is 0 Å².